The smallest absolute Gasteiger partial charge is 0.378 e. The van der Waals surface area contributed by atoms with Crippen LogP contribution in [-0.4, -0.2) is 64.5 Å². The van der Waals surface area contributed by atoms with Crippen molar-refractivity contribution in [1.29, 1.82) is 0 Å². The van der Waals surface area contributed by atoms with E-state index in [-0.39, 0.29) is 24.1 Å². The maximum absolute atomic E-state index is 12.5. The van der Waals surface area contributed by atoms with Gasteiger partial charge in [0.15, 0.2) is 0 Å². The molecule has 6 atom stereocenters. The fourth-order valence-electron chi connectivity index (χ4n) is 3.58. The Morgan fingerprint density at radius 3 is 2.78 bits per heavy atom. The van der Waals surface area contributed by atoms with Gasteiger partial charge in [-0.25, -0.2) is 0 Å². The highest BCUT2D eigenvalue weighted by Gasteiger charge is 2.42. The van der Waals surface area contributed by atoms with Crippen LogP contribution in [0.25, 0.3) is 0 Å². The predicted octanol–water partition coefficient (Wildman–Crippen LogP) is 1.04. The van der Waals surface area contributed by atoms with Gasteiger partial charge in [-0.2, -0.15) is 13.2 Å². The van der Waals surface area contributed by atoms with Crippen molar-refractivity contribution in [3.63, 3.8) is 0 Å². The minimum absolute atomic E-state index is 0.105. The van der Waals surface area contributed by atoms with Crippen LogP contribution in [0.1, 0.15) is 19.3 Å². The summed E-state index contributed by atoms with van der Waals surface area (Å²) in [5, 5.41) is 19.7. The summed E-state index contributed by atoms with van der Waals surface area (Å²) in [5.74, 6) is 0.816. The van der Waals surface area contributed by atoms with Crippen LogP contribution < -0.4 is 16.0 Å². The van der Waals surface area contributed by atoms with Gasteiger partial charge in [-0.1, -0.05) is 6.42 Å². The molecule has 0 aromatic heterocycles. The van der Waals surface area contributed by atoms with Crippen LogP contribution >= 0.6 is 23.4 Å². The number of fused-ring (bicyclic) bond motifs is 1. The van der Waals surface area contributed by atoms with E-state index in [1.165, 1.54) is 16.7 Å². The van der Waals surface area contributed by atoms with Gasteiger partial charge in [-0.3, -0.25) is 20.9 Å². The molecule has 6 unspecified atom stereocenters. The Kier molecular flexibility index (Phi) is 5.67. The molecule has 134 valence electrons. The SMILES string of the molecule is OC1NC(SCC2NCN(CC(F)(F)F)C2Cl)NC2CCCC12. The van der Waals surface area contributed by atoms with Gasteiger partial charge in [0.25, 0.3) is 0 Å². The molecule has 2 heterocycles. The van der Waals surface area contributed by atoms with Crippen LogP contribution in [0, 0.1) is 5.92 Å². The third-order valence-corrected chi connectivity index (χ3v) is 6.46. The number of thioether (sulfide) groups is 1. The van der Waals surface area contributed by atoms with Crippen LogP contribution in [0.2, 0.25) is 0 Å². The molecule has 4 N–H and O–H groups in total. The van der Waals surface area contributed by atoms with Crippen molar-refractivity contribution in [2.75, 3.05) is 19.0 Å². The predicted molar refractivity (Wildman–Crippen MR) is 83.8 cm³/mol. The molecule has 0 bridgehead atoms. The number of aliphatic hydroxyl groups is 1. The third-order valence-electron chi connectivity index (χ3n) is 4.72. The van der Waals surface area contributed by atoms with E-state index in [2.05, 4.69) is 16.0 Å². The Balaban J connectivity index is 1.45. The molecule has 0 spiro atoms. The maximum Gasteiger partial charge on any atom is 0.401 e. The van der Waals surface area contributed by atoms with Crippen molar-refractivity contribution in [3.05, 3.63) is 0 Å². The van der Waals surface area contributed by atoms with E-state index >= 15 is 0 Å². The highest BCUT2D eigenvalue weighted by molar-refractivity contribution is 7.99. The summed E-state index contributed by atoms with van der Waals surface area (Å²) in [7, 11) is 0. The fraction of sp³-hybridized carbons (Fsp3) is 1.00. The first-order valence-corrected chi connectivity index (χ1v) is 9.32. The summed E-state index contributed by atoms with van der Waals surface area (Å²) in [6.07, 6.45) is -1.58. The van der Waals surface area contributed by atoms with Crippen molar-refractivity contribution in [3.8, 4) is 0 Å². The summed E-state index contributed by atoms with van der Waals surface area (Å²) >= 11 is 7.68. The van der Waals surface area contributed by atoms with E-state index in [1.54, 1.807) is 0 Å². The molecule has 10 heteroatoms. The minimum Gasteiger partial charge on any atom is -0.378 e. The largest absolute Gasteiger partial charge is 0.401 e. The number of halogens is 4. The molecule has 5 nitrogen and oxygen atoms in total. The van der Waals surface area contributed by atoms with Crippen LogP contribution in [0.4, 0.5) is 13.2 Å². The molecule has 3 aliphatic rings. The van der Waals surface area contributed by atoms with Gasteiger partial charge < -0.3 is 5.11 Å². The second-order valence-electron chi connectivity index (χ2n) is 6.40. The molecule has 0 radical (unpaired) electrons. The van der Waals surface area contributed by atoms with Gasteiger partial charge in [0, 0.05) is 23.8 Å². The van der Waals surface area contributed by atoms with Gasteiger partial charge in [0.1, 0.15) is 17.2 Å². The molecule has 3 rings (SSSR count). The lowest BCUT2D eigenvalue weighted by atomic mass is 10.0. The zero-order valence-corrected chi connectivity index (χ0v) is 14.1. The molecule has 2 aliphatic heterocycles. The van der Waals surface area contributed by atoms with Crippen molar-refractivity contribution < 1.29 is 18.3 Å². The van der Waals surface area contributed by atoms with Gasteiger partial charge in [-0.05, 0) is 12.8 Å². The molecular weight excluding hydrogens is 353 g/mol. The average molecular weight is 375 g/mol. The zero-order valence-electron chi connectivity index (χ0n) is 12.5. The van der Waals surface area contributed by atoms with Crippen LogP contribution in [0.3, 0.4) is 0 Å². The lowest BCUT2D eigenvalue weighted by Crippen LogP contribution is -2.60. The molecule has 1 aliphatic carbocycles. The Hall–Kier alpha value is 0.230. The number of aliphatic hydroxyl groups excluding tert-OH is 1. The van der Waals surface area contributed by atoms with Crippen LogP contribution in [-0.2, 0) is 0 Å². The molecule has 0 aromatic rings. The second-order valence-corrected chi connectivity index (χ2v) is 7.98. The van der Waals surface area contributed by atoms with E-state index in [4.69, 9.17) is 11.6 Å². The van der Waals surface area contributed by atoms with Crippen molar-refractivity contribution in [2.24, 2.45) is 5.92 Å². The Morgan fingerprint density at radius 2 is 2.04 bits per heavy atom. The monoisotopic (exact) mass is 374 g/mol. The number of hydrogen-bond acceptors (Lipinski definition) is 6. The molecule has 3 fully saturated rings. The zero-order chi connectivity index (χ0) is 16.6. The number of hydrogen-bond donors (Lipinski definition) is 4. The molecule has 0 amide bonds. The maximum atomic E-state index is 12.5. The fourth-order valence-corrected chi connectivity index (χ4v) is 5.20. The van der Waals surface area contributed by atoms with Gasteiger partial charge in [0.2, 0.25) is 0 Å². The first-order chi connectivity index (χ1) is 10.8. The Morgan fingerprint density at radius 1 is 1.26 bits per heavy atom. The first kappa shape index (κ1) is 18.0. The van der Waals surface area contributed by atoms with E-state index in [1.807, 2.05) is 0 Å². The van der Waals surface area contributed by atoms with Crippen LogP contribution in [0.15, 0.2) is 0 Å². The summed E-state index contributed by atoms with van der Waals surface area (Å²) in [6, 6.07) is 0.0971. The Bertz CT molecular complexity index is 419. The molecule has 1 saturated carbocycles. The van der Waals surface area contributed by atoms with Gasteiger partial charge >= 0.3 is 6.18 Å². The molecule has 2 saturated heterocycles. The van der Waals surface area contributed by atoms with E-state index in [0.29, 0.717) is 11.8 Å². The second kappa shape index (κ2) is 7.23. The average Bonchev–Trinajstić information content (AvgIpc) is 3.04. The number of alkyl halides is 4. The third kappa shape index (κ3) is 4.45. The summed E-state index contributed by atoms with van der Waals surface area (Å²) in [5.41, 5.74) is -0.788. The van der Waals surface area contributed by atoms with Crippen molar-refractivity contribution >= 4 is 23.4 Å². The normalized spacial score (nSPS) is 42.1. The summed E-state index contributed by atoms with van der Waals surface area (Å²) in [6.45, 7) is -0.866. The van der Waals surface area contributed by atoms with Gasteiger partial charge in [-0.15, -0.1) is 23.4 Å². The standard InChI is InChI=1S/C13H22ClF3N4OS/c14-10-9(18-6-21(10)5-13(15,16)17)4-23-12-19-8-3-1-2-7(8)11(22)20-12/h7-12,18-20,22H,1-6H2. The summed E-state index contributed by atoms with van der Waals surface area (Å²) in [4.78, 5) is 1.19. The lowest BCUT2D eigenvalue weighted by molar-refractivity contribution is -0.145. The molecular formula is C13H22ClF3N4OS. The van der Waals surface area contributed by atoms with E-state index in [9.17, 15) is 18.3 Å². The Labute approximate surface area is 142 Å². The minimum atomic E-state index is -4.25. The first-order valence-electron chi connectivity index (χ1n) is 7.83. The van der Waals surface area contributed by atoms with Crippen molar-refractivity contribution in [1.82, 2.24) is 20.9 Å². The lowest BCUT2D eigenvalue weighted by Gasteiger charge is -2.38. The van der Waals surface area contributed by atoms with Crippen molar-refractivity contribution in [2.45, 2.75) is 54.7 Å². The summed E-state index contributed by atoms with van der Waals surface area (Å²) < 4.78 is 37.4. The van der Waals surface area contributed by atoms with Crippen LogP contribution in [0.5, 0.6) is 0 Å². The van der Waals surface area contributed by atoms with Gasteiger partial charge in [0.05, 0.1) is 13.2 Å². The highest BCUT2D eigenvalue weighted by atomic mass is 35.5. The molecule has 23 heavy (non-hydrogen) atoms. The number of nitrogens with one attached hydrogen (secondary N) is 3. The number of rotatable bonds is 4. The molecule has 0 aromatic carbocycles. The van der Waals surface area contributed by atoms with E-state index in [0.717, 1.165) is 19.3 Å². The topological polar surface area (TPSA) is 59.6 Å². The number of nitrogens with zero attached hydrogens (tertiary/aromatic N) is 1. The quantitative estimate of drug-likeness (QED) is 0.436. The van der Waals surface area contributed by atoms with E-state index < -0.39 is 24.4 Å². The highest BCUT2D eigenvalue weighted by Crippen LogP contribution is 2.33.